The van der Waals surface area contributed by atoms with Gasteiger partial charge in [-0.15, -0.1) is 0 Å². The number of imidazole rings is 1. The topological polar surface area (TPSA) is 118 Å². The van der Waals surface area contributed by atoms with E-state index >= 15 is 0 Å². The van der Waals surface area contributed by atoms with Crippen LogP contribution in [0.4, 0.5) is 0 Å². The Kier molecular flexibility index (Phi) is 3.42. The smallest absolute Gasteiger partial charge is 0.296 e. The minimum atomic E-state index is -0.619. The lowest BCUT2D eigenvalue weighted by Gasteiger charge is -2.15. The highest BCUT2D eigenvalue weighted by molar-refractivity contribution is 6.33. The Morgan fingerprint density at radius 1 is 1.24 bits per heavy atom. The van der Waals surface area contributed by atoms with E-state index in [9.17, 15) is 5.11 Å². The highest BCUT2D eigenvalue weighted by atomic mass is 35.5. The lowest BCUT2D eigenvalue weighted by Crippen LogP contribution is -2.34. The molecule has 0 aromatic carbocycles. The second kappa shape index (κ2) is 5.67. The molecule has 2 aliphatic rings. The second-order valence-electron chi connectivity index (χ2n) is 6.01. The number of nitrogens with zero attached hydrogens (tertiary/aromatic N) is 3. The van der Waals surface area contributed by atoms with Crippen molar-refractivity contribution in [3.63, 3.8) is 0 Å². The van der Waals surface area contributed by atoms with E-state index in [0.29, 0.717) is 40.2 Å². The lowest BCUT2D eigenvalue weighted by atomic mass is 10.1. The summed E-state index contributed by atoms with van der Waals surface area (Å²) in [4.78, 5) is 11.9. The van der Waals surface area contributed by atoms with Gasteiger partial charge >= 0.3 is 0 Å². The van der Waals surface area contributed by atoms with Crippen LogP contribution in [0.2, 0.25) is 5.02 Å². The first-order chi connectivity index (χ1) is 12.2. The monoisotopic (exact) mass is 363 g/mol. The van der Waals surface area contributed by atoms with Crippen molar-refractivity contribution in [2.24, 2.45) is 0 Å². The molecule has 0 radical (unpaired) electrons. The number of aliphatic hydroxyl groups excluding tert-OH is 1. The van der Waals surface area contributed by atoms with E-state index in [1.165, 1.54) is 0 Å². The van der Waals surface area contributed by atoms with Crippen LogP contribution in [0.5, 0.6) is 6.01 Å². The molecule has 25 heavy (non-hydrogen) atoms. The van der Waals surface area contributed by atoms with E-state index in [1.54, 1.807) is 18.3 Å². The predicted octanol–water partition coefficient (Wildman–Crippen LogP) is 0.907. The SMILES string of the molecule is O[C@@H]1CO[C@H]2[C@@H]1OC[C@H]2Oc1nc2nc(-c3cc[nH]n3)c(Cl)cc2[nH]1. The molecule has 4 atom stereocenters. The van der Waals surface area contributed by atoms with Crippen LogP contribution in [-0.2, 0) is 9.47 Å². The van der Waals surface area contributed by atoms with Crippen LogP contribution in [-0.4, -0.2) is 67.9 Å². The van der Waals surface area contributed by atoms with Crippen molar-refractivity contribution in [1.82, 2.24) is 25.1 Å². The van der Waals surface area contributed by atoms with Gasteiger partial charge in [-0.25, -0.2) is 4.98 Å². The van der Waals surface area contributed by atoms with E-state index < -0.39 is 6.10 Å². The van der Waals surface area contributed by atoms with E-state index in [0.717, 1.165) is 0 Å². The van der Waals surface area contributed by atoms with Crippen LogP contribution in [0.15, 0.2) is 18.3 Å². The summed E-state index contributed by atoms with van der Waals surface area (Å²) >= 11 is 6.29. The lowest BCUT2D eigenvalue weighted by molar-refractivity contribution is 0.00706. The summed E-state index contributed by atoms with van der Waals surface area (Å²) in [6.07, 6.45) is 0.0751. The van der Waals surface area contributed by atoms with Crippen LogP contribution < -0.4 is 4.74 Å². The second-order valence-corrected chi connectivity index (χ2v) is 6.42. The number of nitrogens with one attached hydrogen (secondary N) is 2. The maximum atomic E-state index is 9.79. The van der Waals surface area contributed by atoms with Gasteiger partial charge in [0.1, 0.15) is 29.7 Å². The molecule has 3 aromatic heterocycles. The Labute approximate surface area is 146 Å². The molecular weight excluding hydrogens is 350 g/mol. The molecule has 9 nitrogen and oxygen atoms in total. The highest BCUT2D eigenvalue weighted by Gasteiger charge is 2.48. The Morgan fingerprint density at radius 3 is 2.96 bits per heavy atom. The zero-order valence-corrected chi connectivity index (χ0v) is 13.6. The minimum Gasteiger partial charge on any atom is -0.456 e. The Bertz CT molecular complexity index is 914. The molecule has 0 unspecified atom stereocenters. The standard InChI is InChI=1S/C15H14ClN5O4/c16-6-3-8-14(19-11(6)7-1-2-17-21-7)20-15(18-8)25-10-5-24-12-9(22)4-23-13(10)12/h1-3,9-10,12-13,22H,4-5H2,(H,17,21)(H,18,19,20)/t9-,10-,12-,13-/m1/s1. The molecule has 0 spiro atoms. The average molecular weight is 364 g/mol. The van der Waals surface area contributed by atoms with Gasteiger partial charge in [-0.3, -0.25) is 5.10 Å². The van der Waals surface area contributed by atoms with Gasteiger partial charge in [0.25, 0.3) is 6.01 Å². The fourth-order valence-corrected chi connectivity index (χ4v) is 3.46. The minimum absolute atomic E-state index is 0.250. The fourth-order valence-electron chi connectivity index (χ4n) is 3.21. The summed E-state index contributed by atoms with van der Waals surface area (Å²) in [5.41, 5.74) is 2.31. The van der Waals surface area contributed by atoms with E-state index in [1.807, 2.05) is 0 Å². The quantitative estimate of drug-likeness (QED) is 0.632. The molecule has 2 saturated heterocycles. The van der Waals surface area contributed by atoms with Crippen molar-refractivity contribution in [3.8, 4) is 17.4 Å². The van der Waals surface area contributed by atoms with Crippen LogP contribution in [0.3, 0.4) is 0 Å². The largest absolute Gasteiger partial charge is 0.456 e. The summed E-state index contributed by atoms with van der Waals surface area (Å²) in [6.45, 7) is 0.579. The molecule has 0 bridgehead atoms. The van der Waals surface area contributed by atoms with Gasteiger partial charge in [0, 0.05) is 6.20 Å². The Morgan fingerprint density at radius 2 is 2.12 bits per heavy atom. The van der Waals surface area contributed by atoms with Crippen LogP contribution in [0, 0.1) is 0 Å². The third-order valence-corrected chi connectivity index (χ3v) is 4.68. The van der Waals surface area contributed by atoms with Gasteiger partial charge in [0.15, 0.2) is 11.8 Å². The molecule has 3 N–H and O–H groups in total. The van der Waals surface area contributed by atoms with E-state index in [2.05, 4.69) is 25.1 Å². The zero-order valence-electron chi connectivity index (χ0n) is 12.8. The van der Waals surface area contributed by atoms with Crippen LogP contribution >= 0.6 is 11.6 Å². The van der Waals surface area contributed by atoms with Gasteiger partial charge < -0.3 is 24.3 Å². The Balaban J connectivity index is 1.43. The average Bonchev–Trinajstić information content (AvgIpc) is 3.34. The van der Waals surface area contributed by atoms with Crippen molar-refractivity contribution in [1.29, 1.82) is 0 Å². The molecule has 0 aliphatic carbocycles. The third kappa shape index (κ3) is 2.47. The number of pyridine rings is 1. The predicted molar refractivity (Wildman–Crippen MR) is 86.4 cm³/mol. The van der Waals surface area contributed by atoms with Gasteiger partial charge in [0.2, 0.25) is 0 Å². The molecule has 130 valence electrons. The normalized spacial score (nSPS) is 28.6. The van der Waals surface area contributed by atoms with Crippen molar-refractivity contribution in [2.75, 3.05) is 13.2 Å². The molecule has 10 heteroatoms. The molecule has 3 aromatic rings. The van der Waals surface area contributed by atoms with Gasteiger partial charge in [-0.1, -0.05) is 11.6 Å². The number of aromatic amines is 2. The molecule has 0 saturated carbocycles. The fraction of sp³-hybridized carbons (Fsp3) is 0.400. The maximum Gasteiger partial charge on any atom is 0.296 e. The van der Waals surface area contributed by atoms with E-state index in [4.69, 9.17) is 25.8 Å². The summed E-state index contributed by atoms with van der Waals surface area (Å²) in [6, 6.07) is 3.82. The number of hydrogen-bond donors (Lipinski definition) is 3. The van der Waals surface area contributed by atoms with Crippen LogP contribution in [0.25, 0.3) is 22.6 Å². The van der Waals surface area contributed by atoms with Crippen molar-refractivity contribution >= 4 is 22.8 Å². The number of ether oxygens (including phenoxy) is 3. The number of aliphatic hydroxyl groups is 1. The molecule has 2 aliphatic heterocycles. The van der Waals surface area contributed by atoms with Crippen molar-refractivity contribution < 1.29 is 19.3 Å². The number of aromatic nitrogens is 5. The first-order valence-corrected chi connectivity index (χ1v) is 8.21. The zero-order chi connectivity index (χ0) is 17.0. The summed E-state index contributed by atoms with van der Waals surface area (Å²) in [5.74, 6) is 0. The van der Waals surface area contributed by atoms with Gasteiger partial charge in [-0.05, 0) is 12.1 Å². The number of hydrogen-bond acceptors (Lipinski definition) is 7. The number of halogens is 1. The Hall–Kier alpha value is -2.20. The number of H-pyrrole nitrogens is 2. The molecule has 2 fully saturated rings. The molecular formula is C15H14ClN5O4. The maximum absolute atomic E-state index is 9.79. The molecule has 5 rings (SSSR count). The number of fused-ring (bicyclic) bond motifs is 2. The van der Waals surface area contributed by atoms with Gasteiger partial charge in [0.05, 0.1) is 23.8 Å². The third-order valence-electron chi connectivity index (χ3n) is 4.39. The summed E-state index contributed by atoms with van der Waals surface area (Å²) in [7, 11) is 0. The van der Waals surface area contributed by atoms with Crippen molar-refractivity contribution in [3.05, 3.63) is 23.4 Å². The number of rotatable bonds is 3. The summed E-state index contributed by atoms with van der Waals surface area (Å²) in [5, 5.41) is 17.1. The first-order valence-electron chi connectivity index (χ1n) is 7.83. The highest BCUT2D eigenvalue weighted by Crippen LogP contribution is 2.31. The van der Waals surface area contributed by atoms with Gasteiger partial charge in [-0.2, -0.15) is 10.1 Å². The van der Waals surface area contributed by atoms with Crippen LogP contribution in [0.1, 0.15) is 0 Å². The first kappa shape index (κ1) is 15.1. The molecule has 5 heterocycles. The summed E-state index contributed by atoms with van der Waals surface area (Å²) < 4.78 is 17.0. The van der Waals surface area contributed by atoms with Crippen molar-refractivity contribution in [2.45, 2.75) is 24.4 Å². The molecule has 0 amide bonds. The van der Waals surface area contributed by atoms with E-state index in [-0.39, 0.29) is 24.9 Å².